The first-order valence-electron chi connectivity index (χ1n) is 13.5. The van der Waals surface area contributed by atoms with E-state index in [1.165, 1.54) is 24.0 Å². The number of hydrogen-bond donors (Lipinski definition) is 1. The minimum absolute atomic E-state index is 0.00671. The third-order valence-electron chi connectivity index (χ3n) is 7.69. The molecule has 4 atom stereocenters. The van der Waals surface area contributed by atoms with Gasteiger partial charge in [0.25, 0.3) is 0 Å². The number of rotatable bonds is 4. The van der Waals surface area contributed by atoms with Crippen molar-refractivity contribution < 1.29 is 64.8 Å². The molecule has 0 aromatic heterocycles. The molecule has 2 aromatic rings. The van der Waals surface area contributed by atoms with Crippen molar-refractivity contribution in [2.45, 2.75) is 37.8 Å². The summed E-state index contributed by atoms with van der Waals surface area (Å²) in [6, 6.07) is 1.46. The van der Waals surface area contributed by atoms with Gasteiger partial charge in [-0.25, -0.2) is 35.9 Å². The number of carbonyl (C=O) groups is 4. The summed E-state index contributed by atoms with van der Waals surface area (Å²) in [4.78, 5) is 48.9. The SMILES string of the molecule is COC(=O)C1CCN(C(=O)OC)C(c2cc(F)c(F)c(F)c2)C1.COC(=O)N1CCC(C(=O)O)CC1c1cc(F)c(F)c(F)c1. The summed E-state index contributed by atoms with van der Waals surface area (Å²) in [7, 11) is 3.56. The van der Waals surface area contributed by atoms with E-state index in [2.05, 4.69) is 14.2 Å². The Balaban J connectivity index is 0.000000246. The van der Waals surface area contributed by atoms with Gasteiger partial charge in [0.15, 0.2) is 34.9 Å². The lowest BCUT2D eigenvalue weighted by Crippen LogP contribution is -2.43. The van der Waals surface area contributed by atoms with Gasteiger partial charge < -0.3 is 29.1 Å². The van der Waals surface area contributed by atoms with Crippen molar-refractivity contribution >= 4 is 24.1 Å². The zero-order valence-electron chi connectivity index (χ0n) is 24.3. The van der Waals surface area contributed by atoms with Gasteiger partial charge in [0.2, 0.25) is 0 Å². The molecule has 246 valence electrons. The molecule has 10 nitrogen and oxygen atoms in total. The van der Waals surface area contributed by atoms with Crippen molar-refractivity contribution in [3.63, 3.8) is 0 Å². The van der Waals surface area contributed by atoms with Gasteiger partial charge in [-0.05, 0) is 61.1 Å². The topological polar surface area (TPSA) is 123 Å². The van der Waals surface area contributed by atoms with Crippen molar-refractivity contribution in [3.05, 3.63) is 70.3 Å². The molecule has 0 spiro atoms. The highest BCUT2D eigenvalue weighted by molar-refractivity contribution is 5.74. The lowest BCUT2D eigenvalue weighted by Gasteiger charge is -2.37. The lowest BCUT2D eigenvalue weighted by atomic mass is 9.87. The average molecular weight is 649 g/mol. The summed E-state index contributed by atoms with van der Waals surface area (Å²) in [6.07, 6.45) is -0.818. The Morgan fingerprint density at radius 3 is 1.33 bits per heavy atom. The zero-order valence-corrected chi connectivity index (χ0v) is 24.3. The molecule has 4 rings (SSSR count). The number of carboxylic acids is 1. The van der Waals surface area contributed by atoms with E-state index in [0.717, 1.165) is 31.4 Å². The highest BCUT2D eigenvalue weighted by Crippen LogP contribution is 2.37. The number of hydrogen-bond acceptors (Lipinski definition) is 7. The number of piperidine rings is 2. The van der Waals surface area contributed by atoms with Gasteiger partial charge in [0, 0.05) is 13.1 Å². The predicted octanol–water partition coefficient (Wildman–Crippen LogP) is 5.50. The number of carboxylic acid groups (broad SMARTS) is 1. The van der Waals surface area contributed by atoms with Crippen molar-refractivity contribution in [3.8, 4) is 0 Å². The predicted molar refractivity (Wildman–Crippen MR) is 141 cm³/mol. The van der Waals surface area contributed by atoms with Crippen molar-refractivity contribution in [1.82, 2.24) is 9.80 Å². The maximum absolute atomic E-state index is 13.5. The molecular formula is C29H30F6N2O8. The fourth-order valence-corrected chi connectivity index (χ4v) is 5.37. The van der Waals surface area contributed by atoms with Gasteiger partial charge in [-0.1, -0.05) is 0 Å². The van der Waals surface area contributed by atoms with Crippen LogP contribution in [0.1, 0.15) is 48.9 Å². The van der Waals surface area contributed by atoms with E-state index in [9.17, 15) is 45.5 Å². The summed E-state index contributed by atoms with van der Waals surface area (Å²) < 4.78 is 93.9. The number of methoxy groups -OCH3 is 3. The molecule has 4 unspecified atom stereocenters. The molecule has 0 aliphatic carbocycles. The van der Waals surface area contributed by atoms with Crippen LogP contribution in [0.25, 0.3) is 0 Å². The summed E-state index contributed by atoms with van der Waals surface area (Å²) in [6.45, 7) is 0.215. The molecule has 0 bridgehead atoms. The fraction of sp³-hybridized carbons (Fsp3) is 0.448. The van der Waals surface area contributed by atoms with Crippen LogP contribution in [0.15, 0.2) is 24.3 Å². The minimum Gasteiger partial charge on any atom is -0.481 e. The second-order valence-electron chi connectivity index (χ2n) is 10.3. The highest BCUT2D eigenvalue weighted by atomic mass is 19.2. The number of aliphatic carboxylic acids is 1. The first-order valence-corrected chi connectivity index (χ1v) is 13.5. The first-order chi connectivity index (χ1) is 21.2. The van der Waals surface area contributed by atoms with Gasteiger partial charge in [-0.2, -0.15) is 0 Å². The molecule has 16 heteroatoms. The van der Waals surface area contributed by atoms with Gasteiger partial charge in [0.1, 0.15) is 0 Å². The Kier molecular flexibility index (Phi) is 11.7. The van der Waals surface area contributed by atoms with Crippen LogP contribution < -0.4 is 0 Å². The van der Waals surface area contributed by atoms with E-state index >= 15 is 0 Å². The van der Waals surface area contributed by atoms with Crippen LogP contribution in [0.2, 0.25) is 0 Å². The number of halogens is 6. The van der Waals surface area contributed by atoms with Crippen LogP contribution in [0, 0.1) is 46.7 Å². The monoisotopic (exact) mass is 648 g/mol. The van der Waals surface area contributed by atoms with Crippen LogP contribution in [-0.4, -0.2) is 73.5 Å². The minimum atomic E-state index is -1.61. The molecular weight excluding hydrogens is 618 g/mol. The standard InChI is InChI=1S/C15H16F3NO4.C14H14F3NO4/c1-22-14(20)8-3-4-19(15(21)23-2)12(7-8)9-5-10(16)13(18)11(17)6-9;1-22-14(21)18-3-2-7(13(19)20)6-11(18)8-4-9(15)12(17)10(16)5-8/h5-6,8,12H,3-4,7H2,1-2H3;4-5,7,11H,2-3,6H2,1H3,(H,19,20). The van der Waals surface area contributed by atoms with Crippen LogP contribution >= 0.6 is 0 Å². The van der Waals surface area contributed by atoms with Crippen LogP contribution in [0.5, 0.6) is 0 Å². The Morgan fingerprint density at radius 1 is 0.644 bits per heavy atom. The fourth-order valence-electron chi connectivity index (χ4n) is 5.37. The number of nitrogens with zero attached hydrogens (tertiary/aromatic N) is 2. The molecule has 1 N–H and O–H groups in total. The molecule has 2 heterocycles. The van der Waals surface area contributed by atoms with Gasteiger partial charge >= 0.3 is 24.1 Å². The Morgan fingerprint density at radius 2 is 1.00 bits per heavy atom. The van der Waals surface area contributed by atoms with Gasteiger partial charge in [-0.15, -0.1) is 0 Å². The quantitative estimate of drug-likeness (QED) is 0.200. The molecule has 0 radical (unpaired) electrons. The smallest absolute Gasteiger partial charge is 0.409 e. The molecule has 2 saturated heterocycles. The number of ether oxygens (including phenoxy) is 3. The first kappa shape index (κ1) is 35.0. The number of esters is 1. The molecule has 2 aliphatic heterocycles. The second-order valence-corrected chi connectivity index (χ2v) is 10.3. The van der Waals surface area contributed by atoms with E-state index in [0.29, 0.717) is 6.42 Å². The van der Waals surface area contributed by atoms with E-state index in [1.54, 1.807) is 0 Å². The van der Waals surface area contributed by atoms with Crippen molar-refractivity contribution in [2.24, 2.45) is 11.8 Å². The number of carbonyl (C=O) groups excluding carboxylic acids is 3. The Bertz CT molecular complexity index is 1400. The third-order valence-corrected chi connectivity index (χ3v) is 7.69. The van der Waals surface area contributed by atoms with E-state index in [-0.39, 0.29) is 43.5 Å². The average Bonchev–Trinajstić information content (AvgIpc) is 3.04. The molecule has 0 saturated carbocycles. The van der Waals surface area contributed by atoms with E-state index in [1.807, 2.05) is 0 Å². The van der Waals surface area contributed by atoms with Crippen LogP contribution in [-0.2, 0) is 23.8 Å². The van der Waals surface area contributed by atoms with E-state index in [4.69, 9.17) is 5.11 Å². The Hall–Kier alpha value is -4.50. The summed E-state index contributed by atoms with van der Waals surface area (Å²) in [5.74, 6) is -11.5. The third kappa shape index (κ3) is 7.97. The maximum Gasteiger partial charge on any atom is 0.409 e. The van der Waals surface area contributed by atoms with Gasteiger partial charge in [0.05, 0.1) is 45.2 Å². The van der Waals surface area contributed by atoms with Crippen molar-refractivity contribution in [1.29, 1.82) is 0 Å². The van der Waals surface area contributed by atoms with Crippen molar-refractivity contribution in [2.75, 3.05) is 34.4 Å². The molecule has 2 aromatic carbocycles. The second kappa shape index (κ2) is 15.0. The lowest BCUT2D eigenvalue weighted by molar-refractivity contribution is -0.147. The van der Waals surface area contributed by atoms with E-state index < -0.39 is 82.9 Å². The largest absolute Gasteiger partial charge is 0.481 e. The normalized spacial score (nSPS) is 21.3. The summed E-state index contributed by atoms with van der Waals surface area (Å²) >= 11 is 0. The molecule has 2 aliphatic rings. The maximum atomic E-state index is 13.5. The number of likely N-dealkylation sites (tertiary alicyclic amines) is 2. The molecule has 45 heavy (non-hydrogen) atoms. The number of amides is 2. The Labute approximate surface area is 253 Å². The number of benzene rings is 2. The molecule has 2 amide bonds. The van der Waals surface area contributed by atoms with Crippen LogP contribution in [0.3, 0.4) is 0 Å². The van der Waals surface area contributed by atoms with Crippen LogP contribution in [0.4, 0.5) is 35.9 Å². The van der Waals surface area contributed by atoms with Gasteiger partial charge in [-0.3, -0.25) is 9.59 Å². The molecule has 2 fully saturated rings. The zero-order chi connectivity index (χ0) is 33.6. The summed E-state index contributed by atoms with van der Waals surface area (Å²) in [5.41, 5.74) is 0.0492. The summed E-state index contributed by atoms with van der Waals surface area (Å²) in [5, 5.41) is 9.10. The highest BCUT2D eigenvalue weighted by Gasteiger charge is 2.38.